The number of unbranched alkanes of at least 4 members (excludes halogenated alkanes) is 1. The Hall–Kier alpha value is -1.83. The van der Waals surface area contributed by atoms with E-state index in [1.54, 1.807) is 6.08 Å². The van der Waals surface area contributed by atoms with Crippen LogP contribution < -0.4 is 4.74 Å². The molecule has 0 atom stereocenters. The van der Waals surface area contributed by atoms with Crippen molar-refractivity contribution in [2.24, 2.45) is 0 Å². The first-order chi connectivity index (χ1) is 8.70. The summed E-state index contributed by atoms with van der Waals surface area (Å²) < 4.78 is 5.67. The molecular weight excluding hydrogens is 224 g/mol. The number of carbonyl (C=O) groups is 1. The van der Waals surface area contributed by atoms with Crippen molar-refractivity contribution in [1.82, 2.24) is 0 Å². The first-order valence-electron chi connectivity index (χ1n) is 6.29. The molecule has 0 heterocycles. The monoisotopic (exact) mass is 242 g/mol. The van der Waals surface area contributed by atoms with Gasteiger partial charge in [0.25, 0.3) is 0 Å². The van der Waals surface area contributed by atoms with Crippen LogP contribution in [0.15, 0.2) is 36.9 Å². The van der Waals surface area contributed by atoms with Gasteiger partial charge in [-0.25, -0.2) is 0 Å². The number of hydrogen-bond donors (Lipinski definition) is 0. The van der Waals surface area contributed by atoms with Crippen LogP contribution in [0.3, 0.4) is 0 Å². The van der Waals surface area contributed by atoms with Crippen molar-refractivity contribution in [3.05, 3.63) is 48.1 Å². The van der Waals surface area contributed by atoms with Gasteiger partial charge in [-0.3, -0.25) is 4.79 Å². The van der Waals surface area contributed by atoms with E-state index in [0.717, 1.165) is 35.3 Å². The largest absolute Gasteiger partial charge is 0.494 e. The van der Waals surface area contributed by atoms with E-state index >= 15 is 0 Å². The lowest BCUT2D eigenvalue weighted by Gasteiger charge is -2.15. The lowest BCUT2D eigenvalue weighted by atomic mass is 9.91. The minimum Gasteiger partial charge on any atom is -0.494 e. The van der Waals surface area contributed by atoms with Crippen molar-refractivity contribution < 1.29 is 9.53 Å². The molecule has 18 heavy (non-hydrogen) atoms. The van der Waals surface area contributed by atoms with Gasteiger partial charge in [0.15, 0.2) is 5.78 Å². The first kappa shape index (κ1) is 12.6. The van der Waals surface area contributed by atoms with Gasteiger partial charge < -0.3 is 4.74 Å². The Morgan fingerprint density at radius 2 is 2.28 bits per heavy atom. The molecule has 2 rings (SSSR count). The molecule has 0 aromatic heterocycles. The highest BCUT2D eigenvalue weighted by atomic mass is 16.5. The molecule has 0 spiro atoms. The van der Waals surface area contributed by atoms with Gasteiger partial charge in [0.1, 0.15) is 5.75 Å². The minimum atomic E-state index is 0.170. The number of rotatable bonds is 5. The van der Waals surface area contributed by atoms with E-state index in [1.165, 1.54) is 0 Å². The second-order valence-corrected chi connectivity index (χ2v) is 4.57. The maximum Gasteiger partial charge on any atom is 0.160 e. The van der Waals surface area contributed by atoms with E-state index in [0.29, 0.717) is 13.0 Å². The second kappa shape index (κ2) is 5.67. The van der Waals surface area contributed by atoms with Crippen molar-refractivity contribution in [3.8, 4) is 5.75 Å². The molecule has 1 aliphatic carbocycles. The quantitative estimate of drug-likeness (QED) is 0.583. The van der Waals surface area contributed by atoms with Crippen LogP contribution in [-0.2, 0) is 11.2 Å². The predicted molar refractivity (Wildman–Crippen MR) is 73.7 cm³/mol. The van der Waals surface area contributed by atoms with Crippen LogP contribution in [0, 0.1) is 0 Å². The maximum atomic E-state index is 11.5. The lowest BCUT2D eigenvalue weighted by Crippen LogP contribution is -2.08. The van der Waals surface area contributed by atoms with Gasteiger partial charge in [-0.15, -0.1) is 6.58 Å². The van der Waals surface area contributed by atoms with Crippen molar-refractivity contribution in [3.63, 3.8) is 0 Å². The molecule has 0 bridgehead atoms. The van der Waals surface area contributed by atoms with Gasteiger partial charge in [-0.2, -0.15) is 0 Å². The van der Waals surface area contributed by atoms with Crippen LogP contribution in [-0.4, -0.2) is 12.4 Å². The topological polar surface area (TPSA) is 26.3 Å². The minimum absolute atomic E-state index is 0.170. The fourth-order valence-corrected chi connectivity index (χ4v) is 2.17. The van der Waals surface area contributed by atoms with Crippen LogP contribution >= 0.6 is 0 Å². The average molecular weight is 242 g/mol. The maximum absolute atomic E-state index is 11.5. The highest BCUT2D eigenvalue weighted by Crippen LogP contribution is 2.28. The molecular formula is C16H18O2. The number of hydrogen-bond acceptors (Lipinski definition) is 2. The fraction of sp³-hybridized carbons (Fsp3) is 0.312. The normalized spacial score (nSPS) is 13.8. The third-order valence-corrected chi connectivity index (χ3v) is 3.07. The summed E-state index contributed by atoms with van der Waals surface area (Å²) in [5.74, 6) is 1.02. The SMILES string of the molecule is C=CCCCOc1ccc2c(c1)CC(=O)C=C2C. The number of allylic oxidation sites excluding steroid dienone is 3. The predicted octanol–water partition coefficient (Wildman–Crippen LogP) is 3.56. The first-order valence-corrected chi connectivity index (χ1v) is 6.29. The van der Waals surface area contributed by atoms with E-state index in [9.17, 15) is 4.79 Å². The summed E-state index contributed by atoms with van der Waals surface area (Å²) in [6.45, 7) is 6.34. The van der Waals surface area contributed by atoms with E-state index < -0.39 is 0 Å². The highest BCUT2D eigenvalue weighted by molar-refractivity contribution is 6.01. The van der Waals surface area contributed by atoms with Crippen LogP contribution in [0.25, 0.3) is 5.57 Å². The smallest absolute Gasteiger partial charge is 0.160 e. The van der Waals surface area contributed by atoms with Gasteiger partial charge in [0.2, 0.25) is 0 Å². The summed E-state index contributed by atoms with van der Waals surface area (Å²) in [6.07, 6.45) is 6.02. The molecule has 1 aliphatic rings. The number of fused-ring (bicyclic) bond motifs is 1. The average Bonchev–Trinajstić information content (AvgIpc) is 2.34. The Balaban J connectivity index is 2.08. The summed E-state index contributed by atoms with van der Waals surface area (Å²) in [6, 6.07) is 5.99. The molecule has 0 aliphatic heterocycles. The zero-order chi connectivity index (χ0) is 13.0. The Morgan fingerprint density at radius 1 is 1.44 bits per heavy atom. The molecule has 94 valence electrons. The third-order valence-electron chi connectivity index (χ3n) is 3.07. The molecule has 0 unspecified atom stereocenters. The molecule has 0 N–H and O–H groups in total. The summed E-state index contributed by atoms with van der Waals surface area (Å²) in [7, 11) is 0. The van der Waals surface area contributed by atoms with Crippen molar-refractivity contribution in [1.29, 1.82) is 0 Å². The van der Waals surface area contributed by atoms with Crippen LogP contribution in [0.1, 0.15) is 30.9 Å². The van der Waals surface area contributed by atoms with Crippen molar-refractivity contribution in [2.75, 3.05) is 6.61 Å². The third kappa shape index (κ3) is 2.89. The van der Waals surface area contributed by atoms with Crippen LogP contribution in [0.5, 0.6) is 5.75 Å². The Labute approximate surface area is 108 Å². The summed E-state index contributed by atoms with van der Waals surface area (Å²) in [5, 5.41) is 0. The molecule has 0 fully saturated rings. The molecule has 2 heteroatoms. The number of benzene rings is 1. The molecule has 1 aromatic rings. The van der Waals surface area contributed by atoms with Gasteiger partial charge in [-0.05, 0) is 54.7 Å². The van der Waals surface area contributed by atoms with Gasteiger partial charge >= 0.3 is 0 Å². The van der Waals surface area contributed by atoms with E-state index in [4.69, 9.17) is 4.74 Å². The van der Waals surface area contributed by atoms with Gasteiger partial charge in [-0.1, -0.05) is 12.1 Å². The Morgan fingerprint density at radius 3 is 3.06 bits per heavy atom. The molecule has 1 aromatic carbocycles. The zero-order valence-electron chi connectivity index (χ0n) is 10.7. The van der Waals surface area contributed by atoms with E-state index in [2.05, 4.69) is 6.58 Å². The highest BCUT2D eigenvalue weighted by Gasteiger charge is 2.15. The van der Waals surface area contributed by atoms with Crippen molar-refractivity contribution >= 4 is 11.4 Å². The summed E-state index contributed by atoms with van der Waals surface area (Å²) in [4.78, 5) is 11.5. The Bertz CT molecular complexity index is 498. The summed E-state index contributed by atoms with van der Waals surface area (Å²) >= 11 is 0. The molecule has 2 nitrogen and oxygen atoms in total. The molecule has 0 amide bonds. The number of ketones is 1. The summed E-state index contributed by atoms with van der Waals surface area (Å²) in [5.41, 5.74) is 3.27. The van der Waals surface area contributed by atoms with Crippen molar-refractivity contribution in [2.45, 2.75) is 26.2 Å². The van der Waals surface area contributed by atoms with E-state index in [-0.39, 0.29) is 5.78 Å². The molecule has 0 radical (unpaired) electrons. The molecule has 0 saturated heterocycles. The molecule has 0 saturated carbocycles. The van der Waals surface area contributed by atoms with Gasteiger partial charge in [0, 0.05) is 6.42 Å². The lowest BCUT2D eigenvalue weighted by molar-refractivity contribution is -0.114. The van der Waals surface area contributed by atoms with Crippen LogP contribution in [0.2, 0.25) is 0 Å². The Kier molecular flexibility index (Phi) is 3.98. The standard InChI is InChI=1S/C16H18O2/c1-3-4-5-8-18-15-6-7-16-12(2)9-14(17)10-13(16)11-15/h3,6-7,9,11H,1,4-5,8,10H2,2H3. The second-order valence-electron chi connectivity index (χ2n) is 4.57. The zero-order valence-corrected chi connectivity index (χ0v) is 10.7. The number of ether oxygens (including phenoxy) is 1. The fourth-order valence-electron chi connectivity index (χ4n) is 2.17. The van der Waals surface area contributed by atoms with Crippen LogP contribution in [0.4, 0.5) is 0 Å². The van der Waals surface area contributed by atoms with E-state index in [1.807, 2.05) is 31.2 Å². The number of carbonyl (C=O) groups excluding carboxylic acids is 1. The van der Waals surface area contributed by atoms with Gasteiger partial charge in [0.05, 0.1) is 6.61 Å².